The number of ketones is 1. The molecule has 0 radical (unpaired) electrons. The topological polar surface area (TPSA) is 39.2 Å². The summed E-state index contributed by atoms with van der Waals surface area (Å²) in [5.74, 6) is -0.0627. The molecule has 3 rings (SSSR count). The standard InChI is InChI=1S/C20H14Cl2FNO2/c1-26-20-9-13(3-4-16(20)14-8-15(23)11-24-10-14)19(25)7-12-2-5-17(21)18(22)6-12/h2-6,8-11H,7H2,1H3. The average molecular weight is 390 g/mol. The molecule has 0 aliphatic heterocycles. The second-order valence-electron chi connectivity index (χ2n) is 5.66. The van der Waals surface area contributed by atoms with Crippen LogP contribution < -0.4 is 4.74 Å². The van der Waals surface area contributed by atoms with Gasteiger partial charge in [0.15, 0.2) is 5.78 Å². The molecule has 0 aliphatic carbocycles. The van der Waals surface area contributed by atoms with Gasteiger partial charge < -0.3 is 4.74 Å². The number of ether oxygens (including phenoxy) is 1. The summed E-state index contributed by atoms with van der Waals surface area (Å²) in [6.45, 7) is 0. The first-order valence-electron chi connectivity index (χ1n) is 7.74. The monoisotopic (exact) mass is 389 g/mol. The van der Waals surface area contributed by atoms with Gasteiger partial charge in [-0.3, -0.25) is 9.78 Å². The third-order valence-electron chi connectivity index (χ3n) is 3.89. The third-order valence-corrected chi connectivity index (χ3v) is 4.63. The summed E-state index contributed by atoms with van der Waals surface area (Å²) in [6.07, 6.45) is 2.85. The van der Waals surface area contributed by atoms with Crippen molar-refractivity contribution in [1.82, 2.24) is 4.98 Å². The van der Waals surface area contributed by atoms with Crippen LogP contribution >= 0.6 is 23.2 Å². The van der Waals surface area contributed by atoms with Gasteiger partial charge in [0.25, 0.3) is 0 Å². The van der Waals surface area contributed by atoms with Crippen LogP contribution in [0.5, 0.6) is 5.75 Å². The summed E-state index contributed by atoms with van der Waals surface area (Å²) in [5, 5.41) is 0.848. The van der Waals surface area contributed by atoms with Crippen LogP contribution in [0.15, 0.2) is 54.9 Å². The number of nitrogens with zero attached hydrogens (tertiary/aromatic N) is 1. The van der Waals surface area contributed by atoms with E-state index in [-0.39, 0.29) is 12.2 Å². The molecule has 0 fully saturated rings. The van der Waals surface area contributed by atoms with Crippen LogP contribution in [-0.2, 0) is 6.42 Å². The summed E-state index contributed by atoms with van der Waals surface area (Å²) >= 11 is 11.9. The fourth-order valence-corrected chi connectivity index (χ4v) is 2.92. The number of Topliss-reactive ketones (excluding diaryl/α,β-unsaturated/α-hetero) is 1. The number of carbonyl (C=O) groups is 1. The quantitative estimate of drug-likeness (QED) is 0.530. The van der Waals surface area contributed by atoms with Gasteiger partial charge >= 0.3 is 0 Å². The minimum Gasteiger partial charge on any atom is -0.496 e. The summed E-state index contributed by atoms with van der Waals surface area (Å²) in [4.78, 5) is 16.4. The molecule has 132 valence electrons. The number of benzene rings is 2. The van der Waals surface area contributed by atoms with E-state index in [0.717, 1.165) is 11.8 Å². The van der Waals surface area contributed by atoms with Gasteiger partial charge in [-0.05, 0) is 35.9 Å². The molecule has 2 aromatic carbocycles. The maximum Gasteiger partial charge on any atom is 0.167 e. The number of hydrogen-bond donors (Lipinski definition) is 0. The van der Waals surface area contributed by atoms with E-state index < -0.39 is 5.82 Å². The van der Waals surface area contributed by atoms with E-state index in [9.17, 15) is 9.18 Å². The first-order valence-corrected chi connectivity index (χ1v) is 8.49. The Bertz CT molecular complexity index is 976. The molecule has 1 aromatic heterocycles. The zero-order valence-corrected chi connectivity index (χ0v) is 15.3. The van der Waals surface area contributed by atoms with Gasteiger partial charge in [0.2, 0.25) is 0 Å². The fraction of sp³-hybridized carbons (Fsp3) is 0.100. The van der Waals surface area contributed by atoms with Crippen molar-refractivity contribution in [2.24, 2.45) is 0 Å². The molecule has 0 spiro atoms. The highest BCUT2D eigenvalue weighted by Gasteiger charge is 2.13. The highest BCUT2D eigenvalue weighted by Crippen LogP contribution is 2.31. The molecule has 0 saturated carbocycles. The molecule has 1 heterocycles. The largest absolute Gasteiger partial charge is 0.496 e. The maximum absolute atomic E-state index is 13.4. The van der Waals surface area contributed by atoms with E-state index in [0.29, 0.717) is 32.5 Å². The Morgan fingerprint density at radius 1 is 1.08 bits per heavy atom. The molecular formula is C20H14Cl2FNO2. The van der Waals surface area contributed by atoms with Gasteiger partial charge in [-0.1, -0.05) is 35.3 Å². The van der Waals surface area contributed by atoms with Gasteiger partial charge in [-0.2, -0.15) is 0 Å². The fourth-order valence-electron chi connectivity index (χ4n) is 2.60. The Kier molecular flexibility index (Phi) is 5.55. The van der Waals surface area contributed by atoms with Crippen LogP contribution in [0.1, 0.15) is 15.9 Å². The second kappa shape index (κ2) is 7.85. The smallest absolute Gasteiger partial charge is 0.167 e. The van der Waals surface area contributed by atoms with Crippen LogP contribution in [0.25, 0.3) is 11.1 Å². The molecule has 26 heavy (non-hydrogen) atoms. The lowest BCUT2D eigenvalue weighted by Crippen LogP contribution is -2.04. The number of aromatic nitrogens is 1. The number of hydrogen-bond acceptors (Lipinski definition) is 3. The lowest BCUT2D eigenvalue weighted by Gasteiger charge is -2.11. The van der Waals surface area contributed by atoms with Crippen molar-refractivity contribution in [2.75, 3.05) is 7.11 Å². The first-order chi connectivity index (χ1) is 12.5. The molecule has 0 unspecified atom stereocenters. The Balaban J connectivity index is 1.88. The molecule has 0 saturated heterocycles. The second-order valence-corrected chi connectivity index (χ2v) is 6.47. The normalized spacial score (nSPS) is 10.6. The summed E-state index contributed by atoms with van der Waals surface area (Å²) in [5.41, 5.74) is 2.48. The Labute approximate surface area is 160 Å². The SMILES string of the molecule is COc1cc(C(=O)Cc2ccc(Cl)c(Cl)c2)ccc1-c1cncc(F)c1. The summed E-state index contributed by atoms with van der Waals surface area (Å²) in [7, 11) is 1.50. The number of halogens is 3. The van der Waals surface area contributed by atoms with Crippen LogP contribution in [0.3, 0.4) is 0 Å². The van der Waals surface area contributed by atoms with E-state index in [1.165, 1.54) is 19.4 Å². The van der Waals surface area contributed by atoms with Crippen LogP contribution in [0.4, 0.5) is 4.39 Å². The molecule has 0 aliphatic rings. The molecule has 3 aromatic rings. The maximum atomic E-state index is 13.4. The Morgan fingerprint density at radius 2 is 1.88 bits per heavy atom. The van der Waals surface area contributed by atoms with Crippen molar-refractivity contribution in [3.8, 4) is 16.9 Å². The Morgan fingerprint density at radius 3 is 2.58 bits per heavy atom. The van der Waals surface area contributed by atoms with Crippen molar-refractivity contribution < 1.29 is 13.9 Å². The van der Waals surface area contributed by atoms with E-state index in [4.69, 9.17) is 27.9 Å². The van der Waals surface area contributed by atoms with Crippen LogP contribution in [0, 0.1) is 5.82 Å². The minimum absolute atomic E-state index is 0.0920. The van der Waals surface area contributed by atoms with Crippen molar-refractivity contribution in [3.05, 3.63) is 81.8 Å². The first kappa shape index (κ1) is 18.4. The predicted molar refractivity (Wildman–Crippen MR) is 101 cm³/mol. The molecule has 6 heteroatoms. The lowest BCUT2D eigenvalue weighted by atomic mass is 9.99. The van der Waals surface area contributed by atoms with E-state index in [1.807, 2.05) is 0 Å². The molecule has 0 bridgehead atoms. The molecule has 0 amide bonds. The minimum atomic E-state index is -0.440. The van der Waals surface area contributed by atoms with E-state index in [2.05, 4.69) is 4.98 Å². The molecule has 0 N–H and O–H groups in total. The highest BCUT2D eigenvalue weighted by molar-refractivity contribution is 6.42. The van der Waals surface area contributed by atoms with Gasteiger partial charge in [0.1, 0.15) is 11.6 Å². The highest BCUT2D eigenvalue weighted by atomic mass is 35.5. The van der Waals surface area contributed by atoms with Crippen LogP contribution in [-0.4, -0.2) is 17.9 Å². The molecular weight excluding hydrogens is 376 g/mol. The molecule has 3 nitrogen and oxygen atoms in total. The summed E-state index contributed by atoms with van der Waals surface area (Å²) in [6, 6.07) is 11.5. The number of methoxy groups -OCH3 is 1. The summed E-state index contributed by atoms with van der Waals surface area (Å²) < 4.78 is 18.8. The number of pyridine rings is 1. The van der Waals surface area contributed by atoms with Crippen molar-refractivity contribution in [2.45, 2.75) is 6.42 Å². The average Bonchev–Trinajstić information content (AvgIpc) is 2.64. The predicted octanol–water partition coefficient (Wildman–Crippen LogP) is 5.63. The molecule has 0 atom stereocenters. The van der Waals surface area contributed by atoms with Gasteiger partial charge in [-0.15, -0.1) is 0 Å². The van der Waals surface area contributed by atoms with E-state index >= 15 is 0 Å². The van der Waals surface area contributed by atoms with Crippen molar-refractivity contribution in [3.63, 3.8) is 0 Å². The zero-order valence-electron chi connectivity index (χ0n) is 13.8. The zero-order chi connectivity index (χ0) is 18.7. The van der Waals surface area contributed by atoms with Crippen LogP contribution in [0.2, 0.25) is 10.0 Å². The third kappa shape index (κ3) is 4.03. The Hall–Kier alpha value is -2.43. The number of carbonyl (C=O) groups excluding carboxylic acids is 1. The van der Waals surface area contributed by atoms with Crippen molar-refractivity contribution in [1.29, 1.82) is 0 Å². The van der Waals surface area contributed by atoms with Gasteiger partial charge in [-0.25, -0.2) is 4.39 Å². The number of rotatable bonds is 5. The lowest BCUT2D eigenvalue weighted by molar-refractivity contribution is 0.0992. The van der Waals surface area contributed by atoms with Gasteiger partial charge in [0, 0.05) is 29.3 Å². The van der Waals surface area contributed by atoms with Gasteiger partial charge in [0.05, 0.1) is 23.4 Å². The van der Waals surface area contributed by atoms with E-state index in [1.54, 1.807) is 36.4 Å². The van der Waals surface area contributed by atoms with Crippen molar-refractivity contribution >= 4 is 29.0 Å².